The minimum Gasteiger partial charge on any atom is -0.309 e. The first-order valence-electron chi connectivity index (χ1n) is 8.20. The maximum absolute atomic E-state index is 13.3. The number of aryl methyl sites for hydroxylation is 1. The third-order valence-corrected chi connectivity index (χ3v) is 5.84. The second-order valence-electron chi connectivity index (χ2n) is 6.63. The van der Waals surface area contributed by atoms with Gasteiger partial charge in [0.1, 0.15) is 5.82 Å². The van der Waals surface area contributed by atoms with Crippen molar-refractivity contribution in [2.75, 3.05) is 54.4 Å². The van der Waals surface area contributed by atoms with Crippen LogP contribution in [0.25, 0.3) is 0 Å². The molecular weight excluding hydrogens is 329 g/mol. The summed E-state index contributed by atoms with van der Waals surface area (Å²) in [5.74, 6) is -0.418. The van der Waals surface area contributed by atoms with Crippen LogP contribution in [0.15, 0.2) is 23.1 Å². The Labute approximate surface area is 146 Å². The van der Waals surface area contributed by atoms with E-state index >= 15 is 0 Å². The molecule has 0 amide bonds. The first kappa shape index (κ1) is 21.0. The molecule has 5 nitrogen and oxygen atoms in total. The van der Waals surface area contributed by atoms with Gasteiger partial charge in [0.05, 0.1) is 4.90 Å². The molecule has 24 heavy (non-hydrogen) atoms. The van der Waals surface area contributed by atoms with Crippen molar-refractivity contribution in [1.82, 2.24) is 14.1 Å². The van der Waals surface area contributed by atoms with Gasteiger partial charge in [-0.25, -0.2) is 12.8 Å². The Morgan fingerprint density at radius 1 is 0.917 bits per heavy atom. The summed E-state index contributed by atoms with van der Waals surface area (Å²) in [6, 6.07) is 3.84. The largest absolute Gasteiger partial charge is 0.309 e. The highest BCUT2D eigenvalue weighted by molar-refractivity contribution is 7.89. The van der Waals surface area contributed by atoms with Crippen LogP contribution in [-0.4, -0.2) is 76.9 Å². The molecule has 0 saturated carbocycles. The Morgan fingerprint density at radius 2 is 1.42 bits per heavy atom. The lowest BCUT2D eigenvalue weighted by molar-refractivity contribution is 0.326. The van der Waals surface area contributed by atoms with Crippen LogP contribution in [0, 0.1) is 12.7 Å². The van der Waals surface area contributed by atoms with Crippen LogP contribution in [-0.2, 0) is 10.0 Å². The topological polar surface area (TPSA) is 43.9 Å². The van der Waals surface area contributed by atoms with Crippen molar-refractivity contribution in [2.24, 2.45) is 0 Å². The van der Waals surface area contributed by atoms with Gasteiger partial charge in [-0.1, -0.05) is 0 Å². The van der Waals surface area contributed by atoms with Gasteiger partial charge in [-0.3, -0.25) is 0 Å². The molecule has 0 fully saturated rings. The predicted molar refractivity (Wildman–Crippen MR) is 96.2 cm³/mol. The molecular formula is C17H30FN3O2S. The lowest BCUT2D eigenvalue weighted by Gasteiger charge is -2.24. The fraction of sp³-hybridized carbons (Fsp3) is 0.647. The van der Waals surface area contributed by atoms with Crippen LogP contribution in [0.3, 0.4) is 0 Å². The molecule has 0 atom stereocenters. The summed E-state index contributed by atoms with van der Waals surface area (Å²) >= 11 is 0. The monoisotopic (exact) mass is 359 g/mol. The molecule has 0 spiro atoms. The summed E-state index contributed by atoms with van der Waals surface area (Å²) in [7, 11) is 4.25. The molecule has 0 aliphatic carbocycles. The number of rotatable bonds is 10. The van der Waals surface area contributed by atoms with Crippen molar-refractivity contribution in [3.8, 4) is 0 Å². The van der Waals surface area contributed by atoms with Gasteiger partial charge < -0.3 is 9.80 Å². The number of halogens is 1. The Morgan fingerprint density at radius 3 is 1.83 bits per heavy atom. The number of sulfonamides is 1. The second kappa shape index (κ2) is 9.46. The Balaban J connectivity index is 2.96. The SMILES string of the molecule is Cc1cc(F)ccc1S(=O)(=O)N(CCCN(C)C)CCCN(C)C. The highest BCUT2D eigenvalue weighted by atomic mass is 32.2. The number of hydrogen-bond acceptors (Lipinski definition) is 4. The number of hydrogen-bond donors (Lipinski definition) is 0. The first-order chi connectivity index (χ1) is 11.1. The highest BCUT2D eigenvalue weighted by Gasteiger charge is 2.25. The molecule has 0 bridgehead atoms. The molecule has 0 N–H and O–H groups in total. The third-order valence-electron chi connectivity index (χ3n) is 3.78. The lowest BCUT2D eigenvalue weighted by atomic mass is 10.2. The summed E-state index contributed by atoms with van der Waals surface area (Å²) in [4.78, 5) is 4.26. The van der Waals surface area contributed by atoms with Gasteiger partial charge in [0, 0.05) is 13.1 Å². The van der Waals surface area contributed by atoms with E-state index in [-0.39, 0.29) is 4.90 Å². The van der Waals surface area contributed by atoms with E-state index < -0.39 is 15.8 Å². The summed E-state index contributed by atoms with van der Waals surface area (Å²) < 4.78 is 40.8. The molecule has 138 valence electrons. The van der Waals surface area contributed by atoms with Crippen LogP contribution < -0.4 is 0 Å². The molecule has 0 aromatic heterocycles. The van der Waals surface area contributed by atoms with Crippen LogP contribution in [0.1, 0.15) is 18.4 Å². The molecule has 0 unspecified atom stereocenters. The van der Waals surface area contributed by atoms with E-state index in [4.69, 9.17) is 0 Å². The van der Waals surface area contributed by atoms with E-state index in [1.165, 1.54) is 22.5 Å². The average Bonchev–Trinajstić information content (AvgIpc) is 2.44. The van der Waals surface area contributed by atoms with Gasteiger partial charge in [0.25, 0.3) is 0 Å². The van der Waals surface area contributed by atoms with E-state index in [1.54, 1.807) is 6.92 Å². The van der Waals surface area contributed by atoms with Crippen molar-refractivity contribution in [3.63, 3.8) is 0 Å². The summed E-state index contributed by atoms with van der Waals surface area (Å²) in [6.07, 6.45) is 1.52. The molecule has 0 saturated heterocycles. The highest BCUT2D eigenvalue weighted by Crippen LogP contribution is 2.21. The van der Waals surface area contributed by atoms with Gasteiger partial charge in [0.15, 0.2) is 0 Å². The number of benzene rings is 1. The minimum absolute atomic E-state index is 0.193. The van der Waals surface area contributed by atoms with E-state index in [0.29, 0.717) is 18.7 Å². The Hall–Kier alpha value is -1.02. The Bertz CT molecular complexity index is 604. The molecule has 7 heteroatoms. The number of nitrogens with zero attached hydrogens (tertiary/aromatic N) is 3. The average molecular weight is 360 g/mol. The quantitative estimate of drug-likeness (QED) is 0.641. The zero-order valence-electron chi connectivity index (χ0n) is 15.4. The molecule has 0 heterocycles. The third kappa shape index (κ3) is 6.47. The van der Waals surface area contributed by atoms with Gasteiger partial charge in [-0.2, -0.15) is 4.31 Å². The molecule has 0 aliphatic heterocycles. The van der Waals surface area contributed by atoms with E-state index in [0.717, 1.165) is 25.9 Å². The van der Waals surface area contributed by atoms with Crippen molar-refractivity contribution < 1.29 is 12.8 Å². The van der Waals surface area contributed by atoms with Crippen LogP contribution >= 0.6 is 0 Å². The molecule has 0 radical (unpaired) electrons. The van der Waals surface area contributed by atoms with Gasteiger partial charge in [-0.05, 0) is 84.8 Å². The van der Waals surface area contributed by atoms with Crippen molar-refractivity contribution in [1.29, 1.82) is 0 Å². The molecule has 1 aromatic carbocycles. The summed E-state index contributed by atoms with van der Waals surface area (Å²) in [5, 5.41) is 0. The summed E-state index contributed by atoms with van der Waals surface area (Å²) in [5.41, 5.74) is 0.445. The van der Waals surface area contributed by atoms with Gasteiger partial charge >= 0.3 is 0 Å². The molecule has 1 rings (SSSR count). The van der Waals surface area contributed by atoms with Gasteiger partial charge in [-0.15, -0.1) is 0 Å². The standard InChI is InChI=1S/C17H30FN3O2S/c1-15-14-16(18)8-9-17(15)24(22,23)21(12-6-10-19(2)3)13-7-11-20(4)5/h8-9,14H,6-7,10-13H2,1-5H3. The van der Waals surface area contributed by atoms with Crippen molar-refractivity contribution >= 4 is 10.0 Å². The van der Waals surface area contributed by atoms with Crippen molar-refractivity contribution in [3.05, 3.63) is 29.6 Å². The molecule has 0 aliphatic rings. The zero-order chi connectivity index (χ0) is 18.3. The van der Waals surface area contributed by atoms with Crippen LogP contribution in [0.2, 0.25) is 0 Å². The molecule has 1 aromatic rings. The van der Waals surface area contributed by atoms with Crippen LogP contribution in [0.5, 0.6) is 0 Å². The lowest BCUT2D eigenvalue weighted by Crippen LogP contribution is -2.35. The smallest absolute Gasteiger partial charge is 0.243 e. The van der Waals surface area contributed by atoms with Gasteiger partial charge in [0.2, 0.25) is 10.0 Å². The minimum atomic E-state index is -3.61. The predicted octanol–water partition coefficient (Wildman–Crippen LogP) is 2.03. The van der Waals surface area contributed by atoms with E-state index in [9.17, 15) is 12.8 Å². The second-order valence-corrected chi connectivity index (χ2v) is 8.53. The maximum Gasteiger partial charge on any atom is 0.243 e. The maximum atomic E-state index is 13.3. The van der Waals surface area contributed by atoms with Crippen molar-refractivity contribution in [2.45, 2.75) is 24.7 Å². The zero-order valence-corrected chi connectivity index (χ0v) is 16.2. The summed E-state index contributed by atoms with van der Waals surface area (Å²) in [6.45, 7) is 4.20. The Kier molecular flexibility index (Phi) is 8.29. The van der Waals surface area contributed by atoms with E-state index in [2.05, 4.69) is 0 Å². The fourth-order valence-corrected chi connectivity index (χ4v) is 4.24. The fourth-order valence-electron chi connectivity index (χ4n) is 2.52. The van der Waals surface area contributed by atoms with Crippen LogP contribution in [0.4, 0.5) is 4.39 Å². The normalized spacial score (nSPS) is 12.5. The van der Waals surface area contributed by atoms with E-state index in [1.807, 2.05) is 38.0 Å². The first-order valence-corrected chi connectivity index (χ1v) is 9.64.